The van der Waals surface area contributed by atoms with Crippen molar-refractivity contribution in [2.75, 3.05) is 31.3 Å². The highest BCUT2D eigenvalue weighted by atomic mass is 35.5. The molecule has 3 fully saturated rings. The first-order chi connectivity index (χ1) is 22.2. The Balaban J connectivity index is 1.34. The van der Waals surface area contributed by atoms with Gasteiger partial charge in [-0.2, -0.15) is 4.31 Å². The number of hydrogen-bond donors (Lipinski definition) is 1. The van der Waals surface area contributed by atoms with Crippen LogP contribution in [0.4, 0.5) is 14.9 Å². The summed E-state index contributed by atoms with van der Waals surface area (Å²) in [6.45, 7) is 5.73. The maximum absolute atomic E-state index is 15.4. The third-order valence-corrected chi connectivity index (χ3v) is 12.1. The molecule has 5 rings (SSSR count). The van der Waals surface area contributed by atoms with E-state index in [9.17, 15) is 18.0 Å². The van der Waals surface area contributed by atoms with Gasteiger partial charge in [0, 0.05) is 60.4 Å². The summed E-state index contributed by atoms with van der Waals surface area (Å²) in [5.41, 5.74) is 0.596. The van der Waals surface area contributed by atoms with Crippen LogP contribution in [0.3, 0.4) is 0 Å². The number of nitrogens with zero attached hydrogens (tertiary/aromatic N) is 2. The first-order valence-electron chi connectivity index (χ1n) is 16.5. The number of halogens is 2. The molecule has 1 aliphatic carbocycles. The Hall–Kier alpha value is -2.73. The maximum atomic E-state index is 15.4. The molecular formula is C35H47ClFN3O6S. The van der Waals surface area contributed by atoms with Crippen LogP contribution in [0.25, 0.3) is 0 Å². The van der Waals surface area contributed by atoms with Crippen LogP contribution in [-0.2, 0) is 36.1 Å². The Labute approximate surface area is 283 Å². The van der Waals surface area contributed by atoms with Gasteiger partial charge >= 0.3 is 6.09 Å². The van der Waals surface area contributed by atoms with Crippen molar-refractivity contribution in [3.63, 3.8) is 0 Å². The van der Waals surface area contributed by atoms with Crippen molar-refractivity contribution in [2.24, 2.45) is 0 Å². The van der Waals surface area contributed by atoms with Gasteiger partial charge in [-0.3, -0.25) is 4.79 Å². The van der Waals surface area contributed by atoms with Crippen LogP contribution in [0.5, 0.6) is 0 Å². The van der Waals surface area contributed by atoms with Crippen molar-refractivity contribution in [1.29, 1.82) is 0 Å². The van der Waals surface area contributed by atoms with Gasteiger partial charge in [-0.1, -0.05) is 29.8 Å². The number of ether oxygens (including phenoxy) is 2. The van der Waals surface area contributed by atoms with E-state index in [1.807, 2.05) is 24.3 Å². The van der Waals surface area contributed by atoms with Crippen molar-refractivity contribution >= 4 is 39.3 Å². The fraction of sp³-hybridized carbons (Fsp3) is 0.600. The number of rotatable bonds is 8. The number of anilines is 1. The summed E-state index contributed by atoms with van der Waals surface area (Å²) in [4.78, 5) is 28.5. The molecule has 2 amide bonds. The van der Waals surface area contributed by atoms with E-state index in [1.165, 1.54) is 10.4 Å². The summed E-state index contributed by atoms with van der Waals surface area (Å²) in [7, 11) is -1.84. The largest absolute Gasteiger partial charge is 0.444 e. The van der Waals surface area contributed by atoms with Gasteiger partial charge in [-0.05, 0) is 102 Å². The zero-order chi connectivity index (χ0) is 34.0. The number of carbonyl (C=O) groups excluding carboxylic acids is 2. The standard InChI is InChI=1S/C35H47ClFN3O6S/c1-34(2,3)46-33(42)39-22-27(40-23-26(39)7-6-20-47(40,43)44)14-15-29-30(37)8-5-9-31(29)38-32(41)21-35(18-16-28(45-4)17-19-35)24-10-12-25(36)13-11-24/h5,8-13,26-28H,6-7,14-23H2,1-4H3,(H,38,41). The Bertz CT molecular complexity index is 1540. The second-order valence-electron chi connectivity index (χ2n) is 14.2. The number of carbonyl (C=O) groups is 2. The van der Waals surface area contributed by atoms with Crippen molar-refractivity contribution < 1.29 is 31.9 Å². The molecule has 47 heavy (non-hydrogen) atoms. The van der Waals surface area contributed by atoms with Crippen molar-refractivity contribution in [3.05, 3.63) is 64.4 Å². The van der Waals surface area contributed by atoms with E-state index in [0.29, 0.717) is 29.1 Å². The van der Waals surface area contributed by atoms with Gasteiger partial charge in [-0.15, -0.1) is 0 Å². The van der Waals surface area contributed by atoms with E-state index in [-0.39, 0.29) is 56.2 Å². The lowest BCUT2D eigenvalue weighted by molar-refractivity contribution is -0.118. The average Bonchev–Trinajstić information content (AvgIpc) is 3.13. The molecule has 3 unspecified atom stereocenters. The lowest BCUT2D eigenvalue weighted by Gasteiger charge is -2.44. The van der Waals surface area contributed by atoms with Crippen LogP contribution < -0.4 is 5.32 Å². The molecule has 2 bridgehead atoms. The first kappa shape index (κ1) is 35.6. The van der Waals surface area contributed by atoms with Crippen LogP contribution in [0.15, 0.2) is 42.5 Å². The molecule has 1 N–H and O–H groups in total. The molecule has 2 heterocycles. The lowest BCUT2D eigenvalue weighted by Crippen LogP contribution is -2.60. The third-order valence-electron chi connectivity index (χ3n) is 9.87. The molecule has 3 aliphatic rings. The monoisotopic (exact) mass is 691 g/mol. The van der Waals surface area contributed by atoms with Crippen LogP contribution in [0, 0.1) is 5.82 Å². The van der Waals surface area contributed by atoms with E-state index in [4.69, 9.17) is 21.1 Å². The molecule has 2 saturated heterocycles. The second-order valence-corrected chi connectivity index (χ2v) is 16.7. The summed E-state index contributed by atoms with van der Waals surface area (Å²) in [6, 6.07) is 11.4. The summed E-state index contributed by atoms with van der Waals surface area (Å²) < 4.78 is 54.7. The fourth-order valence-corrected chi connectivity index (χ4v) is 9.32. The minimum absolute atomic E-state index is 0.00363. The fourth-order valence-electron chi connectivity index (χ4n) is 7.40. The Morgan fingerprint density at radius 2 is 1.77 bits per heavy atom. The van der Waals surface area contributed by atoms with Crippen LogP contribution in [0.1, 0.15) is 83.3 Å². The van der Waals surface area contributed by atoms with E-state index >= 15 is 4.39 Å². The van der Waals surface area contributed by atoms with Crippen molar-refractivity contribution in [1.82, 2.24) is 9.21 Å². The van der Waals surface area contributed by atoms with Gasteiger partial charge in [0.05, 0.1) is 11.9 Å². The lowest BCUT2D eigenvalue weighted by atomic mass is 9.66. The Kier molecular flexibility index (Phi) is 10.9. The zero-order valence-corrected chi connectivity index (χ0v) is 29.3. The smallest absolute Gasteiger partial charge is 0.410 e. The molecule has 2 aromatic rings. The van der Waals surface area contributed by atoms with Gasteiger partial charge in [0.15, 0.2) is 0 Å². The number of benzene rings is 2. The van der Waals surface area contributed by atoms with Crippen LogP contribution in [0.2, 0.25) is 5.02 Å². The minimum atomic E-state index is -3.55. The normalized spacial score (nSPS) is 27.5. The molecule has 9 nitrogen and oxygen atoms in total. The van der Waals surface area contributed by atoms with Crippen molar-refractivity contribution in [2.45, 2.75) is 108 Å². The number of methoxy groups -OCH3 is 1. The molecule has 0 radical (unpaired) electrons. The van der Waals surface area contributed by atoms with Gasteiger partial charge in [0.25, 0.3) is 0 Å². The minimum Gasteiger partial charge on any atom is -0.444 e. The Morgan fingerprint density at radius 3 is 2.43 bits per heavy atom. The number of sulfonamides is 1. The molecule has 2 aromatic carbocycles. The van der Waals surface area contributed by atoms with Gasteiger partial charge in [-0.25, -0.2) is 17.6 Å². The Morgan fingerprint density at radius 1 is 1.06 bits per heavy atom. The van der Waals surface area contributed by atoms with E-state index in [1.54, 1.807) is 44.9 Å². The summed E-state index contributed by atoms with van der Waals surface area (Å²) in [5, 5.41) is 3.61. The van der Waals surface area contributed by atoms with Gasteiger partial charge < -0.3 is 19.7 Å². The highest BCUT2D eigenvalue weighted by Crippen LogP contribution is 2.43. The molecule has 2 aliphatic heterocycles. The van der Waals surface area contributed by atoms with E-state index in [0.717, 1.165) is 31.2 Å². The second kappa shape index (κ2) is 14.4. The number of fused-ring (bicyclic) bond motifs is 2. The molecule has 0 spiro atoms. The predicted molar refractivity (Wildman–Crippen MR) is 181 cm³/mol. The molecule has 12 heteroatoms. The predicted octanol–water partition coefficient (Wildman–Crippen LogP) is 6.68. The molecule has 0 aromatic heterocycles. The topological polar surface area (TPSA) is 105 Å². The molecule has 3 atom stereocenters. The van der Waals surface area contributed by atoms with Gasteiger partial charge in [0.2, 0.25) is 15.9 Å². The van der Waals surface area contributed by atoms with Crippen LogP contribution >= 0.6 is 11.6 Å². The third kappa shape index (κ3) is 8.47. The molecule has 1 saturated carbocycles. The highest BCUT2D eigenvalue weighted by molar-refractivity contribution is 7.89. The quantitative estimate of drug-likeness (QED) is 0.331. The van der Waals surface area contributed by atoms with Crippen molar-refractivity contribution in [3.8, 4) is 0 Å². The molecule has 258 valence electrons. The highest BCUT2D eigenvalue weighted by Gasteiger charge is 2.44. The van der Waals surface area contributed by atoms with E-state index in [2.05, 4.69) is 5.32 Å². The molecular weight excluding hydrogens is 645 g/mol. The van der Waals surface area contributed by atoms with Crippen LogP contribution in [-0.4, -0.2) is 79.4 Å². The first-order valence-corrected chi connectivity index (χ1v) is 18.5. The number of piperazine rings is 1. The summed E-state index contributed by atoms with van der Waals surface area (Å²) >= 11 is 6.18. The number of amides is 2. The summed E-state index contributed by atoms with van der Waals surface area (Å²) in [6.07, 6.45) is 4.49. The average molecular weight is 692 g/mol. The number of hydrogen-bond acceptors (Lipinski definition) is 6. The van der Waals surface area contributed by atoms with E-state index < -0.39 is 39.0 Å². The maximum Gasteiger partial charge on any atom is 0.410 e. The summed E-state index contributed by atoms with van der Waals surface area (Å²) in [5.74, 6) is -0.703. The van der Waals surface area contributed by atoms with Gasteiger partial charge in [0.1, 0.15) is 11.4 Å². The zero-order valence-electron chi connectivity index (χ0n) is 27.8. The number of nitrogens with one attached hydrogen (secondary N) is 1. The SMILES string of the molecule is COC1CCC(CC(=O)Nc2cccc(F)c2CCC2CN(C(=O)OC(C)(C)C)C3CCCS(=O)(=O)N2C3)(c2ccc(Cl)cc2)CC1.